The van der Waals surface area contributed by atoms with Crippen molar-refractivity contribution in [1.29, 1.82) is 0 Å². The maximum absolute atomic E-state index is 12.3. The van der Waals surface area contributed by atoms with Gasteiger partial charge < -0.3 is 10.2 Å². The molecule has 1 amide bonds. The summed E-state index contributed by atoms with van der Waals surface area (Å²) in [6.07, 6.45) is 1.16. The van der Waals surface area contributed by atoms with Gasteiger partial charge in [0.25, 0.3) is 5.91 Å². The largest absolute Gasteiger partial charge is 0.369 e. The van der Waals surface area contributed by atoms with Gasteiger partial charge in [0.2, 0.25) is 0 Å². The summed E-state index contributed by atoms with van der Waals surface area (Å²) in [5.74, 6) is 0.688. The molecule has 0 spiro atoms. The summed E-state index contributed by atoms with van der Waals surface area (Å²) in [6.45, 7) is 9.52. The van der Waals surface area contributed by atoms with Crippen LogP contribution in [0.25, 0.3) is 0 Å². The lowest BCUT2D eigenvalue weighted by atomic mass is 10.2. The minimum atomic E-state index is -0.0169. The maximum Gasteiger partial charge on any atom is 0.274 e. The van der Waals surface area contributed by atoms with Gasteiger partial charge in [-0.2, -0.15) is 0 Å². The van der Waals surface area contributed by atoms with E-state index in [1.54, 1.807) is 12.1 Å². The van der Waals surface area contributed by atoms with E-state index < -0.39 is 0 Å². The van der Waals surface area contributed by atoms with Crippen molar-refractivity contribution in [2.75, 3.05) is 44.6 Å². The third-order valence-corrected chi connectivity index (χ3v) is 3.44. The molecule has 1 aromatic heterocycles. The first-order valence-corrected chi connectivity index (χ1v) is 7.33. The Balaban J connectivity index is 1.91. The fourth-order valence-corrected chi connectivity index (χ4v) is 2.37. The third kappa shape index (κ3) is 3.66. The number of rotatable bonds is 5. The average molecular weight is 277 g/mol. The number of hydrogen-bond acceptors (Lipinski definition) is 5. The molecule has 1 saturated heterocycles. The number of piperazine rings is 1. The Bertz CT molecular complexity index is 426. The summed E-state index contributed by atoms with van der Waals surface area (Å²) >= 11 is 0. The van der Waals surface area contributed by atoms with Gasteiger partial charge in [-0.1, -0.05) is 6.92 Å². The van der Waals surface area contributed by atoms with E-state index in [0.29, 0.717) is 11.5 Å². The highest BCUT2D eigenvalue weighted by atomic mass is 16.2. The predicted molar refractivity (Wildman–Crippen MR) is 78.8 cm³/mol. The van der Waals surface area contributed by atoms with Gasteiger partial charge in [0.1, 0.15) is 5.82 Å². The fraction of sp³-hybridized carbons (Fsp3) is 0.643. The molecule has 0 radical (unpaired) electrons. The van der Waals surface area contributed by atoms with E-state index in [1.807, 2.05) is 11.8 Å². The zero-order valence-electron chi connectivity index (χ0n) is 12.3. The molecule has 2 rings (SSSR count). The van der Waals surface area contributed by atoms with Crippen LogP contribution in [-0.2, 0) is 0 Å². The molecule has 6 nitrogen and oxygen atoms in total. The molecule has 0 aromatic carbocycles. The molecule has 110 valence electrons. The van der Waals surface area contributed by atoms with E-state index in [-0.39, 0.29) is 5.91 Å². The van der Waals surface area contributed by atoms with Crippen molar-refractivity contribution in [1.82, 2.24) is 20.0 Å². The van der Waals surface area contributed by atoms with E-state index in [2.05, 4.69) is 27.3 Å². The van der Waals surface area contributed by atoms with E-state index in [1.165, 1.54) is 0 Å². The van der Waals surface area contributed by atoms with Crippen LogP contribution in [0.2, 0.25) is 0 Å². The number of anilines is 1. The van der Waals surface area contributed by atoms with Gasteiger partial charge in [0.15, 0.2) is 5.69 Å². The Hall–Kier alpha value is -1.69. The summed E-state index contributed by atoms with van der Waals surface area (Å²) in [6, 6.07) is 3.54. The van der Waals surface area contributed by atoms with Crippen LogP contribution in [-0.4, -0.2) is 65.2 Å². The first-order chi connectivity index (χ1) is 9.74. The number of aromatic nitrogens is 2. The van der Waals surface area contributed by atoms with E-state index in [9.17, 15) is 4.79 Å². The summed E-state index contributed by atoms with van der Waals surface area (Å²) in [5.41, 5.74) is 0.426. The highest BCUT2D eigenvalue weighted by Gasteiger charge is 2.22. The molecule has 1 aromatic rings. The molecule has 0 aliphatic carbocycles. The topological polar surface area (TPSA) is 61.4 Å². The number of carbonyl (C=O) groups excluding carboxylic acids is 1. The smallest absolute Gasteiger partial charge is 0.274 e. The van der Waals surface area contributed by atoms with Gasteiger partial charge in [-0.3, -0.25) is 9.69 Å². The number of amides is 1. The number of hydrogen-bond donors (Lipinski definition) is 1. The monoisotopic (exact) mass is 277 g/mol. The van der Waals surface area contributed by atoms with Gasteiger partial charge in [-0.25, -0.2) is 0 Å². The average Bonchev–Trinajstić information content (AvgIpc) is 2.49. The second-order valence-electron chi connectivity index (χ2n) is 4.97. The second kappa shape index (κ2) is 7.19. The molecule has 0 saturated carbocycles. The summed E-state index contributed by atoms with van der Waals surface area (Å²) in [5, 5.41) is 11.1. The molecule has 0 unspecified atom stereocenters. The SMILES string of the molecule is CCCN1CCN(C(=O)c2ccc(NCC)nn2)CC1. The number of nitrogens with zero attached hydrogens (tertiary/aromatic N) is 4. The highest BCUT2D eigenvalue weighted by molar-refractivity contribution is 5.92. The molecule has 1 fully saturated rings. The Morgan fingerprint density at radius 2 is 1.95 bits per heavy atom. The van der Waals surface area contributed by atoms with Gasteiger partial charge >= 0.3 is 0 Å². The normalized spacial score (nSPS) is 16.2. The number of carbonyl (C=O) groups is 1. The van der Waals surface area contributed by atoms with Crippen LogP contribution in [0.15, 0.2) is 12.1 Å². The van der Waals surface area contributed by atoms with Crippen LogP contribution in [0, 0.1) is 0 Å². The Morgan fingerprint density at radius 1 is 1.20 bits per heavy atom. The third-order valence-electron chi connectivity index (χ3n) is 3.44. The molecular formula is C14H23N5O. The Labute approximate surface area is 120 Å². The zero-order valence-corrected chi connectivity index (χ0v) is 12.3. The van der Waals surface area contributed by atoms with Crippen molar-refractivity contribution in [3.8, 4) is 0 Å². The molecule has 0 atom stereocenters. The van der Waals surface area contributed by atoms with Gasteiger partial charge in [-0.05, 0) is 32.0 Å². The molecule has 1 aliphatic heterocycles. The first kappa shape index (κ1) is 14.7. The van der Waals surface area contributed by atoms with Crippen LogP contribution in [0.3, 0.4) is 0 Å². The molecule has 20 heavy (non-hydrogen) atoms. The Morgan fingerprint density at radius 3 is 2.50 bits per heavy atom. The first-order valence-electron chi connectivity index (χ1n) is 7.33. The van der Waals surface area contributed by atoms with Crippen LogP contribution in [0.4, 0.5) is 5.82 Å². The van der Waals surface area contributed by atoms with Gasteiger partial charge in [-0.15, -0.1) is 10.2 Å². The summed E-state index contributed by atoms with van der Waals surface area (Å²) in [7, 11) is 0. The van der Waals surface area contributed by atoms with Crippen molar-refractivity contribution in [2.45, 2.75) is 20.3 Å². The van der Waals surface area contributed by atoms with E-state index in [0.717, 1.165) is 45.7 Å². The standard InChI is InChI=1S/C14H23N5O/c1-3-7-18-8-10-19(11-9-18)14(20)12-5-6-13(15-4-2)17-16-12/h5-6H,3-4,7-11H2,1-2H3,(H,15,17). The number of nitrogens with one attached hydrogen (secondary N) is 1. The lowest BCUT2D eigenvalue weighted by Crippen LogP contribution is -2.48. The minimum Gasteiger partial charge on any atom is -0.369 e. The van der Waals surface area contributed by atoms with Crippen molar-refractivity contribution >= 4 is 11.7 Å². The van der Waals surface area contributed by atoms with Crippen LogP contribution in [0.5, 0.6) is 0 Å². The predicted octanol–water partition coefficient (Wildman–Crippen LogP) is 1.08. The van der Waals surface area contributed by atoms with E-state index >= 15 is 0 Å². The lowest BCUT2D eigenvalue weighted by Gasteiger charge is -2.34. The van der Waals surface area contributed by atoms with Gasteiger partial charge in [0, 0.05) is 32.7 Å². The molecule has 0 bridgehead atoms. The second-order valence-corrected chi connectivity index (χ2v) is 4.97. The molecular weight excluding hydrogens is 254 g/mol. The summed E-state index contributed by atoms with van der Waals surface area (Å²) in [4.78, 5) is 16.6. The van der Waals surface area contributed by atoms with Crippen molar-refractivity contribution in [3.05, 3.63) is 17.8 Å². The summed E-state index contributed by atoms with van der Waals surface area (Å²) < 4.78 is 0. The van der Waals surface area contributed by atoms with Crippen molar-refractivity contribution in [3.63, 3.8) is 0 Å². The van der Waals surface area contributed by atoms with Crippen molar-refractivity contribution < 1.29 is 4.79 Å². The van der Waals surface area contributed by atoms with Crippen molar-refractivity contribution in [2.24, 2.45) is 0 Å². The van der Waals surface area contributed by atoms with Gasteiger partial charge in [0.05, 0.1) is 0 Å². The quantitative estimate of drug-likeness (QED) is 0.872. The van der Waals surface area contributed by atoms with Crippen LogP contribution < -0.4 is 5.32 Å². The molecule has 1 N–H and O–H groups in total. The molecule has 6 heteroatoms. The van der Waals surface area contributed by atoms with Crippen LogP contribution >= 0.6 is 0 Å². The fourth-order valence-electron chi connectivity index (χ4n) is 2.37. The Kier molecular flexibility index (Phi) is 5.29. The lowest BCUT2D eigenvalue weighted by molar-refractivity contribution is 0.0630. The van der Waals surface area contributed by atoms with Crippen LogP contribution in [0.1, 0.15) is 30.8 Å². The maximum atomic E-state index is 12.3. The van der Waals surface area contributed by atoms with E-state index in [4.69, 9.17) is 0 Å². The minimum absolute atomic E-state index is 0.0169. The molecule has 2 heterocycles. The highest BCUT2D eigenvalue weighted by Crippen LogP contribution is 2.08. The zero-order chi connectivity index (χ0) is 14.4. The molecule has 1 aliphatic rings.